The van der Waals surface area contributed by atoms with Crippen molar-refractivity contribution in [2.75, 3.05) is 20.4 Å². The van der Waals surface area contributed by atoms with Crippen molar-refractivity contribution < 1.29 is 19.3 Å². The Morgan fingerprint density at radius 1 is 1.23 bits per heavy atom. The van der Waals surface area contributed by atoms with Gasteiger partial charge < -0.3 is 24.6 Å². The highest BCUT2D eigenvalue weighted by Crippen LogP contribution is 2.41. The van der Waals surface area contributed by atoms with Crippen molar-refractivity contribution in [2.24, 2.45) is 0 Å². The number of benzene rings is 2. The summed E-state index contributed by atoms with van der Waals surface area (Å²) in [5.74, 6) is 2.01. The van der Waals surface area contributed by atoms with Crippen molar-refractivity contribution in [3.8, 4) is 17.2 Å². The standard InChI is InChI=1S/C17H19NO4/c1-20-15-7-12(8-16-17(15)22-11-21-16)9-18-10-14(19)13-5-3-2-4-6-13/h2-8,14,18-19H,9-11H2,1H3. The van der Waals surface area contributed by atoms with E-state index in [1.807, 2.05) is 42.5 Å². The van der Waals surface area contributed by atoms with E-state index >= 15 is 0 Å². The quantitative estimate of drug-likeness (QED) is 0.857. The Morgan fingerprint density at radius 2 is 2.05 bits per heavy atom. The maximum atomic E-state index is 10.1. The molecule has 1 atom stereocenters. The minimum Gasteiger partial charge on any atom is -0.493 e. The van der Waals surface area contributed by atoms with Crippen molar-refractivity contribution in [1.82, 2.24) is 5.32 Å². The van der Waals surface area contributed by atoms with Crippen molar-refractivity contribution in [2.45, 2.75) is 12.6 Å². The smallest absolute Gasteiger partial charge is 0.231 e. The summed E-state index contributed by atoms with van der Waals surface area (Å²) < 4.78 is 16.1. The number of ether oxygens (including phenoxy) is 3. The number of hydrogen-bond donors (Lipinski definition) is 2. The first-order valence-corrected chi connectivity index (χ1v) is 7.18. The Balaban J connectivity index is 1.60. The molecule has 3 rings (SSSR count). The molecule has 2 N–H and O–H groups in total. The van der Waals surface area contributed by atoms with Crippen LogP contribution >= 0.6 is 0 Å². The zero-order chi connectivity index (χ0) is 15.4. The van der Waals surface area contributed by atoms with Crippen molar-refractivity contribution >= 4 is 0 Å². The second-order valence-corrected chi connectivity index (χ2v) is 5.09. The fourth-order valence-corrected chi connectivity index (χ4v) is 2.43. The summed E-state index contributed by atoms with van der Waals surface area (Å²) in [6.07, 6.45) is -0.530. The molecule has 0 amide bonds. The molecule has 1 aliphatic heterocycles. The minimum atomic E-state index is -0.530. The van der Waals surface area contributed by atoms with Crippen molar-refractivity contribution in [3.63, 3.8) is 0 Å². The van der Waals surface area contributed by atoms with Gasteiger partial charge in [-0.25, -0.2) is 0 Å². The second-order valence-electron chi connectivity index (χ2n) is 5.09. The molecular formula is C17H19NO4. The van der Waals surface area contributed by atoms with E-state index in [-0.39, 0.29) is 6.79 Å². The lowest BCUT2D eigenvalue weighted by Gasteiger charge is -2.13. The molecule has 1 aliphatic rings. The molecule has 116 valence electrons. The van der Waals surface area contributed by atoms with E-state index in [4.69, 9.17) is 14.2 Å². The molecule has 2 aromatic rings. The van der Waals surface area contributed by atoms with Crippen LogP contribution in [0.4, 0.5) is 0 Å². The SMILES string of the molecule is COc1cc(CNCC(O)c2ccccc2)cc2c1OCO2. The molecular weight excluding hydrogens is 282 g/mol. The highest BCUT2D eigenvalue weighted by molar-refractivity contribution is 5.55. The lowest BCUT2D eigenvalue weighted by Crippen LogP contribution is -2.21. The van der Waals surface area contributed by atoms with Crippen LogP contribution in [-0.4, -0.2) is 25.6 Å². The third-order valence-electron chi connectivity index (χ3n) is 3.57. The zero-order valence-electron chi connectivity index (χ0n) is 12.4. The summed E-state index contributed by atoms with van der Waals surface area (Å²) >= 11 is 0. The lowest BCUT2D eigenvalue weighted by atomic mass is 10.1. The van der Waals surface area contributed by atoms with Crippen LogP contribution in [-0.2, 0) is 6.54 Å². The van der Waals surface area contributed by atoms with Gasteiger partial charge in [-0.05, 0) is 23.3 Å². The summed E-state index contributed by atoms with van der Waals surface area (Å²) in [6, 6.07) is 13.4. The monoisotopic (exact) mass is 301 g/mol. The molecule has 0 saturated heterocycles. The number of hydrogen-bond acceptors (Lipinski definition) is 5. The Kier molecular flexibility index (Phi) is 4.46. The van der Waals surface area contributed by atoms with Gasteiger partial charge in [0, 0.05) is 13.1 Å². The van der Waals surface area contributed by atoms with Crippen molar-refractivity contribution in [3.05, 3.63) is 53.6 Å². The van der Waals surface area contributed by atoms with Crippen LogP contribution in [0.2, 0.25) is 0 Å². The molecule has 2 aromatic carbocycles. The van der Waals surface area contributed by atoms with Crippen molar-refractivity contribution in [1.29, 1.82) is 0 Å². The number of aliphatic hydroxyl groups is 1. The van der Waals surface area contributed by atoms with Gasteiger partial charge in [0.25, 0.3) is 0 Å². The lowest BCUT2D eigenvalue weighted by molar-refractivity contribution is 0.171. The van der Waals surface area contributed by atoms with Gasteiger partial charge in [-0.3, -0.25) is 0 Å². The Hall–Kier alpha value is -2.24. The predicted octanol–water partition coefficient (Wildman–Crippen LogP) is 2.25. The van der Waals surface area contributed by atoms with Gasteiger partial charge in [0.15, 0.2) is 11.5 Å². The van der Waals surface area contributed by atoms with Gasteiger partial charge in [0.05, 0.1) is 13.2 Å². The number of methoxy groups -OCH3 is 1. The molecule has 0 spiro atoms. The largest absolute Gasteiger partial charge is 0.493 e. The van der Waals surface area contributed by atoms with Crippen LogP contribution in [0.15, 0.2) is 42.5 Å². The van der Waals surface area contributed by atoms with E-state index in [0.717, 1.165) is 11.1 Å². The van der Waals surface area contributed by atoms with E-state index in [0.29, 0.717) is 30.3 Å². The number of aliphatic hydroxyl groups excluding tert-OH is 1. The molecule has 0 radical (unpaired) electrons. The van der Waals surface area contributed by atoms with Crippen LogP contribution in [0.1, 0.15) is 17.2 Å². The highest BCUT2D eigenvalue weighted by atomic mass is 16.7. The first-order chi connectivity index (χ1) is 10.8. The summed E-state index contributed by atoms with van der Waals surface area (Å²) in [6.45, 7) is 1.30. The average molecular weight is 301 g/mol. The second kappa shape index (κ2) is 6.68. The van der Waals surface area contributed by atoms with Crippen LogP contribution in [0.3, 0.4) is 0 Å². The molecule has 0 fully saturated rings. The first kappa shape index (κ1) is 14.7. The van der Waals surface area contributed by atoms with Gasteiger partial charge >= 0.3 is 0 Å². The fraction of sp³-hybridized carbons (Fsp3) is 0.294. The summed E-state index contributed by atoms with van der Waals surface area (Å²) in [4.78, 5) is 0. The van der Waals surface area contributed by atoms with Gasteiger partial charge in [-0.2, -0.15) is 0 Å². The topological polar surface area (TPSA) is 60.0 Å². The Labute approximate surface area is 129 Å². The normalized spacial score (nSPS) is 13.9. The maximum Gasteiger partial charge on any atom is 0.231 e. The Morgan fingerprint density at radius 3 is 2.82 bits per heavy atom. The van der Waals surface area contributed by atoms with E-state index in [1.165, 1.54) is 0 Å². The molecule has 0 aliphatic carbocycles. The third-order valence-corrected chi connectivity index (χ3v) is 3.57. The van der Waals surface area contributed by atoms with Crippen LogP contribution in [0.25, 0.3) is 0 Å². The van der Waals surface area contributed by atoms with E-state index in [9.17, 15) is 5.11 Å². The molecule has 1 unspecified atom stereocenters. The summed E-state index contributed by atoms with van der Waals surface area (Å²) in [5.41, 5.74) is 1.92. The van der Waals surface area contributed by atoms with Crippen LogP contribution < -0.4 is 19.5 Å². The molecule has 5 heteroatoms. The van der Waals surface area contributed by atoms with Gasteiger partial charge in [-0.15, -0.1) is 0 Å². The molecule has 5 nitrogen and oxygen atoms in total. The fourth-order valence-electron chi connectivity index (χ4n) is 2.43. The molecule has 0 aromatic heterocycles. The first-order valence-electron chi connectivity index (χ1n) is 7.18. The Bertz CT molecular complexity index is 630. The highest BCUT2D eigenvalue weighted by Gasteiger charge is 2.20. The summed E-state index contributed by atoms with van der Waals surface area (Å²) in [7, 11) is 1.60. The van der Waals surface area contributed by atoms with E-state index in [1.54, 1.807) is 7.11 Å². The zero-order valence-corrected chi connectivity index (χ0v) is 12.4. The average Bonchev–Trinajstić information content (AvgIpc) is 3.03. The number of rotatable bonds is 6. The molecule has 0 saturated carbocycles. The van der Waals surface area contributed by atoms with Crippen LogP contribution in [0.5, 0.6) is 17.2 Å². The van der Waals surface area contributed by atoms with Gasteiger partial charge in [0.1, 0.15) is 0 Å². The van der Waals surface area contributed by atoms with Gasteiger partial charge in [-0.1, -0.05) is 30.3 Å². The molecule has 22 heavy (non-hydrogen) atoms. The number of nitrogens with one attached hydrogen (secondary N) is 1. The van der Waals surface area contributed by atoms with E-state index in [2.05, 4.69) is 5.32 Å². The maximum absolute atomic E-state index is 10.1. The molecule has 1 heterocycles. The van der Waals surface area contributed by atoms with Crippen LogP contribution in [0, 0.1) is 0 Å². The minimum absolute atomic E-state index is 0.218. The third kappa shape index (κ3) is 3.16. The van der Waals surface area contributed by atoms with E-state index < -0.39 is 6.10 Å². The molecule has 0 bridgehead atoms. The predicted molar refractivity (Wildman–Crippen MR) is 82.2 cm³/mol. The number of fused-ring (bicyclic) bond motifs is 1. The summed E-state index contributed by atoms with van der Waals surface area (Å²) in [5, 5.41) is 13.4. The van der Waals surface area contributed by atoms with Gasteiger partial charge in [0.2, 0.25) is 12.5 Å².